The number of nitrogens with two attached hydrogens (primary N) is 1. The van der Waals surface area contributed by atoms with Gasteiger partial charge in [-0.3, -0.25) is 0 Å². The first kappa shape index (κ1) is 15.0. The fraction of sp³-hybridized carbons (Fsp3) is 0.571. The van der Waals surface area contributed by atoms with E-state index >= 15 is 0 Å². The van der Waals surface area contributed by atoms with E-state index < -0.39 is 0 Å². The molecule has 0 bridgehead atoms. The number of thioether (sulfide) groups is 1. The Bertz CT molecular complexity index is 358. The van der Waals surface area contributed by atoms with Gasteiger partial charge in [0.05, 0.1) is 18.0 Å². The molecular weight excluding hydrogens is 244 g/mol. The number of benzene rings is 1. The second kappa shape index (κ2) is 8.14. The molecule has 1 rings (SSSR count). The average Bonchev–Trinajstić information content (AvgIpc) is 2.37. The van der Waals surface area contributed by atoms with E-state index in [4.69, 9.17) is 10.5 Å². The minimum absolute atomic E-state index is 0.402. The van der Waals surface area contributed by atoms with Gasteiger partial charge in [0.15, 0.2) is 0 Å². The molecule has 102 valence electrons. The Kier molecular flexibility index (Phi) is 6.80. The Labute approximate surface area is 114 Å². The number of anilines is 2. The molecule has 0 fully saturated rings. The van der Waals surface area contributed by atoms with Gasteiger partial charge in [-0.2, -0.15) is 11.8 Å². The van der Waals surface area contributed by atoms with Crippen LogP contribution in [0, 0.1) is 0 Å². The lowest BCUT2D eigenvalue weighted by atomic mass is 10.2. The Balaban J connectivity index is 2.64. The van der Waals surface area contributed by atoms with Crippen LogP contribution in [0.3, 0.4) is 0 Å². The molecule has 0 amide bonds. The van der Waals surface area contributed by atoms with Gasteiger partial charge in [0.25, 0.3) is 0 Å². The minimum Gasteiger partial charge on any atom is -0.491 e. The molecule has 0 radical (unpaired) electrons. The van der Waals surface area contributed by atoms with Crippen molar-refractivity contribution in [2.45, 2.75) is 33.2 Å². The van der Waals surface area contributed by atoms with Gasteiger partial charge >= 0.3 is 0 Å². The SMILES string of the molecule is CCCOc1cccc(NC(C)CSCC)c1N. The monoisotopic (exact) mass is 268 g/mol. The van der Waals surface area contributed by atoms with Gasteiger partial charge in [0.1, 0.15) is 5.75 Å². The van der Waals surface area contributed by atoms with Crippen LogP contribution in [-0.4, -0.2) is 24.2 Å². The first-order chi connectivity index (χ1) is 8.69. The van der Waals surface area contributed by atoms with Crippen molar-refractivity contribution in [3.8, 4) is 5.75 Å². The van der Waals surface area contributed by atoms with Crippen LogP contribution in [0.4, 0.5) is 11.4 Å². The van der Waals surface area contributed by atoms with Crippen LogP contribution in [0.25, 0.3) is 0 Å². The number of hydrogen-bond donors (Lipinski definition) is 2. The Morgan fingerprint density at radius 3 is 2.83 bits per heavy atom. The predicted molar refractivity (Wildman–Crippen MR) is 82.7 cm³/mol. The van der Waals surface area contributed by atoms with E-state index in [-0.39, 0.29) is 0 Å². The minimum atomic E-state index is 0.402. The van der Waals surface area contributed by atoms with Crippen LogP contribution < -0.4 is 15.8 Å². The number of ether oxygens (including phenoxy) is 1. The van der Waals surface area contributed by atoms with E-state index in [1.54, 1.807) is 0 Å². The summed E-state index contributed by atoms with van der Waals surface area (Å²) in [6, 6.07) is 6.30. The summed E-state index contributed by atoms with van der Waals surface area (Å²) >= 11 is 1.92. The third-order valence-corrected chi connectivity index (χ3v) is 3.65. The Hall–Kier alpha value is -1.03. The lowest BCUT2D eigenvalue weighted by Gasteiger charge is -2.18. The molecular formula is C14H24N2OS. The number of hydrogen-bond acceptors (Lipinski definition) is 4. The summed E-state index contributed by atoms with van der Waals surface area (Å²) in [5, 5.41) is 3.44. The van der Waals surface area contributed by atoms with Crippen LogP contribution in [0.1, 0.15) is 27.2 Å². The van der Waals surface area contributed by atoms with Crippen LogP contribution in [0.15, 0.2) is 18.2 Å². The van der Waals surface area contributed by atoms with Crippen molar-refractivity contribution < 1.29 is 4.74 Å². The standard InChI is InChI=1S/C14H24N2OS/c1-4-9-17-13-8-6-7-12(14(13)15)16-11(3)10-18-5-2/h6-8,11,16H,4-5,9-10,15H2,1-3H3. The van der Waals surface area contributed by atoms with Gasteiger partial charge in [0.2, 0.25) is 0 Å². The van der Waals surface area contributed by atoms with Crippen LogP contribution >= 0.6 is 11.8 Å². The van der Waals surface area contributed by atoms with Gasteiger partial charge in [-0.05, 0) is 31.2 Å². The molecule has 0 spiro atoms. The maximum absolute atomic E-state index is 6.11. The zero-order chi connectivity index (χ0) is 13.4. The molecule has 0 aliphatic rings. The summed E-state index contributed by atoms with van der Waals surface area (Å²) in [6.45, 7) is 7.13. The van der Waals surface area contributed by atoms with Crippen LogP contribution in [0.2, 0.25) is 0 Å². The van der Waals surface area contributed by atoms with E-state index in [9.17, 15) is 0 Å². The molecule has 1 unspecified atom stereocenters. The highest BCUT2D eigenvalue weighted by Gasteiger charge is 2.08. The smallest absolute Gasteiger partial charge is 0.144 e. The van der Waals surface area contributed by atoms with Crippen molar-refractivity contribution in [1.29, 1.82) is 0 Å². The first-order valence-electron chi connectivity index (χ1n) is 6.54. The van der Waals surface area contributed by atoms with Crippen molar-refractivity contribution in [3.63, 3.8) is 0 Å². The molecule has 1 aromatic carbocycles. The lowest BCUT2D eigenvalue weighted by Crippen LogP contribution is -2.19. The fourth-order valence-corrected chi connectivity index (χ4v) is 2.28. The molecule has 0 aliphatic carbocycles. The van der Waals surface area contributed by atoms with Crippen molar-refractivity contribution in [1.82, 2.24) is 0 Å². The summed E-state index contributed by atoms with van der Waals surface area (Å²) in [7, 11) is 0. The van der Waals surface area contributed by atoms with Crippen molar-refractivity contribution in [2.24, 2.45) is 0 Å². The third kappa shape index (κ3) is 4.69. The highest BCUT2D eigenvalue weighted by molar-refractivity contribution is 7.99. The average molecular weight is 268 g/mol. The normalized spacial score (nSPS) is 12.2. The molecule has 0 aliphatic heterocycles. The molecule has 3 nitrogen and oxygen atoms in total. The summed E-state index contributed by atoms with van der Waals surface area (Å²) in [4.78, 5) is 0. The summed E-state index contributed by atoms with van der Waals surface area (Å²) < 4.78 is 5.62. The van der Waals surface area contributed by atoms with Gasteiger partial charge in [0, 0.05) is 11.8 Å². The zero-order valence-corrected chi connectivity index (χ0v) is 12.3. The van der Waals surface area contributed by atoms with Gasteiger partial charge in [-0.25, -0.2) is 0 Å². The molecule has 1 atom stereocenters. The Morgan fingerprint density at radius 2 is 2.17 bits per heavy atom. The van der Waals surface area contributed by atoms with Gasteiger partial charge < -0.3 is 15.8 Å². The van der Waals surface area contributed by atoms with Crippen LogP contribution in [0.5, 0.6) is 5.75 Å². The topological polar surface area (TPSA) is 47.3 Å². The zero-order valence-electron chi connectivity index (χ0n) is 11.5. The highest BCUT2D eigenvalue weighted by atomic mass is 32.2. The summed E-state index contributed by atoms with van der Waals surface area (Å²) in [5.74, 6) is 2.99. The second-order valence-corrected chi connectivity index (χ2v) is 5.59. The molecule has 0 heterocycles. The van der Waals surface area contributed by atoms with E-state index in [0.717, 1.165) is 29.4 Å². The molecule has 1 aromatic rings. The van der Waals surface area contributed by atoms with Crippen molar-refractivity contribution in [2.75, 3.05) is 29.2 Å². The maximum atomic E-state index is 6.11. The molecule has 0 saturated carbocycles. The van der Waals surface area contributed by atoms with Crippen LogP contribution in [-0.2, 0) is 0 Å². The third-order valence-electron chi connectivity index (χ3n) is 2.50. The molecule has 0 saturated heterocycles. The van der Waals surface area contributed by atoms with Gasteiger partial charge in [-0.15, -0.1) is 0 Å². The quantitative estimate of drug-likeness (QED) is 0.707. The Morgan fingerprint density at radius 1 is 1.39 bits per heavy atom. The van der Waals surface area contributed by atoms with E-state index in [1.165, 1.54) is 0 Å². The van der Waals surface area contributed by atoms with E-state index in [2.05, 4.69) is 26.1 Å². The van der Waals surface area contributed by atoms with E-state index in [0.29, 0.717) is 18.3 Å². The maximum Gasteiger partial charge on any atom is 0.144 e. The predicted octanol–water partition coefficient (Wildman–Crippen LogP) is 3.61. The molecule has 3 N–H and O–H groups in total. The second-order valence-electron chi connectivity index (χ2n) is 4.27. The summed E-state index contributed by atoms with van der Waals surface area (Å²) in [5.41, 5.74) is 7.78. The van der Waals surface area contributed by atoms with Gasteiger partial charge in [-0.1, -0.05) is 19.9 Å². The fourth-order valence-electron chi connectivity index (χ4n) is 1.61. The molecule has 4 heteroatoms. The number of rotatable bonds is 8. The highest BCUT2D eigenvalue weighted by Crippen LogP contribution is 2.30. The van der Waals surface area contributed by atoms with Crippen molar-refractivity contribution >= 4 is 23.1 Å². The summed E-state index contributed by atoms with van der Waals surface area (Å²) in [6.07, 6.45) is 0.987. The number of nitrogen functional groups attached to an aromatic ring is 1. The van der Waals surface area contributed by atoms with Crippen molar-refractivity contribution in [3.05, 3.63) is 18.2 Å². The molecule has 0 aromatic heterocycles. The lowest BCUT2D eigenvalue weighted by molar-refractivity contribution is 0.319. The number of nitrogens with one attached hydrogen (secondary N) is 1. The molecule has 18 heavy (non-hydrogen) atoms. The van der Waals surface area contributed by atoms with E-state index in [1.807, 2.05) is 30.0 Å². The number of para-hydroxylation sites is 1. The largest absolute Gasteiger partial charge is 0.491 e. The first-order valence-corrected chi connectivity index (χ1v) is 7.70.